The molecule has 202 valence electrons. The highest BCUT2D eigenvalue weighted by Gasteiger charge is 2.34. The van der Waals surface area contributed by atoms with Gasteiger partial charge >= 0.3 is 12.1 Å². The largest absolute Gasteiger partial charge is 0.536 e. The lowest BCUT2D eigenvalue weighted by Crippen LogP contribution is -2.38. The average Bonchev–Trinajstić information content (AvgIpc) is 3.36. The van der Waals surface area contributed by atoms with Crippen molar-refractivity contribution in [2.45, 2.75) is 64.2 Å². The molecule has 0 aromatic carbocycles. The van der Waals surface area contributed by atoms with Gasteiger partial charge in [0.15, 0.2) is 0 Å². The molecule has 1 N–H and O–H groups in total. The monoisotopic (exact) mass is 521 g/mol. The van der Waals surface area contributed by atoms with Crippen LogP contribution in [-0.2, 0) is 43.1 Å². The van der Waals surface area contributed by atoms with E-state index in [-0.39, 0.29) is 48.8 Å². The van der Waals surface area contributed by atoms with Crippen molar-refractivity contribution in [1.29, 1.82) is 0 Å². The molecule has 37 heavy (non-hydrogen) atoms. The van der Waals surface area contributed by atoms with E-state index in [1.807, 2.05) is 0 Å². The average molecular weight is 522 g/mol. The lowest BCUT2D eigenvalue weighted by atomic mass is 9.81. The first kappa shape index (κ1) is 27.8. The number of esters is 1. The molecule has 3 aliphatic rings. The molecular weight excluding hydrogens is 490 g/mol. The predicted molar refractivity (Wildman–Crippen MR) is 122 cm³/mol. The van der Waals surface area contributed by atoms with Crippen molar-refractivity contribution in [3.63, 3.8) is 0 Å². The van der Waals surface area contributed by atoms with Gasteiger partial charge in [-0.1, -0.05) is 11.5 Å². The molecule has 2 aliphatic heterocycles. The zero-order valence-electron chi connectivity index (χ0n) is 20.5. The maximum Gasteiger partial charge on any atom is 0.536 e. The van der Waals surface area contributed by atoms with Crippen molar-refractivity contribution >= 4 is 41.7 Å². The highest BCUT2D eigenvalue weighted by molar-refractivity contribution is 6.12. The minimum Gasteiger partial charge on any atom is -0.428 e. The molecule has 2 fully saturated rings. The molecule has 0 atom stereocenters. The van der Waals surface area contributed by atoms with E-state index in [0.717, 1.165) is 12.8 Å². The zero-order chi connectivity index (χ0) is 26.8. The topological polar surface area (TPSA) is 166 Å². The third-order valence-electron chi connectivity index (χ3n) is 6.48. The number of nitrogens with one attached hydrogen (secondary N) is 1. The predicted octanol–water partition coefficient (Wildman–Crippen LogP) is 1.11. The Kier molecular flexibility index (Phi) is 10.2. The molecule has 0 radical (unpaired) electrons. The molecule has 2 heterocycles. The first-order valence-corrected chi connectivity index (χ1v) is 12.4. The minimum absolute atomic E-state index is 0.00535. The molecule has 1 aliphatic carbocycles. The SMILES string of the molecule is O=C(CCCCCNC(=O)C1CCC(CN2C(=O)C=CC2=O)CC1)OCOC(=O)ON1C(=O)CCC1=O. The molecule has 0 spiro atoms. The van der Waals surface area contributed by atoms with E-state index in [1.165, 1.54) is 17.1 Å². The summed E-state index contributed by atoms with van der Waals surface area (Å²) in [5, 5.41) is 3.25. The second-order valence-corrected chi connectivity index (χ2v) is 9.14. The molecule has 13 nitrogen and oxygen atoms in total. The second-order valence-electron chi connectivity index (χ2n) is 9.14. The number of ether oxygens (including phenoxy) is 2. The highest BCUT2D eigenvalue weighted by atomic mass is 16.9. The molecule has 0 unspecified atom stereocenters. The van der Waals surface area contributed by atoms with Gasteiger partial charge in [0.05, 0.1) is 0 Å². The number of hydroxylamine groups is 2. The smallest absolute Gasteiger partial charge is 0.428 e. The van der Waals surface area contributed by atoms with Crippen LogP contribution < -0.4 is 5.32 Å². The molecule has 0 aromatic heterocycles. The molecule has 13 heteroatoms. The molecule has 1 saturated carbocycles. The van der Waals surface area contributed by atoms with Gasteiger partial charge in [-0.15, -0.1) is 0 Å². The van der Waals surface area contributed by atoms with Gasteiger partial charge in [0, 0.05) is 50.4 Å². The summed E-state index contributed by atoms with van der Waals surface area (Å²) < 4.78 is 9.27. The first-order valence-electron chi connectivity index (χ1n) is 12.4. The van der Waals surface area contributed by atoms with E-state index in [1.54, 1.807) is 0 Å². The Balaban J connectivity index is 1.17. The number of carbonyl (C=O) groups excluding carboxylic acids is 7. The number of hydrogen-bond acceptors (Lipinski definition) is 10. The number of amides is 5. The molecule has 0 aromatic rings. The van der Waals surface area contributed by atoms with Crippen LogP contribution in [0.3, 0.4) is 0 Å². The Labute approximate surface area is 213 Å². The highest BCUT2D eigenvalue weighted by Crippen LogP contribution is 2.30. The summed E-state index contributed by atoms with van der Waals surface area (Å²) in [6.45, 7) is 0.186. The summed E-state index contributed by atoms with van der Waals surface area (Å²) in [5.74, 6) is -2.31. The van der Waals surface area contributed by atoms with Crippen LogP contribution in [0, 0.1) is 11.8 Å². The molecule has 3 rings (SSSR count). The van der Waals surface area contributed by atoms with Crippen molar-refractivity contribution in [1.82, 2.24) is 15.3 Å². The summed E-state index contributed by atoms with van der Waals surface area (Å²) in [6, 6.07) is 0. The van der Waals surface area contributed by atoms with Crippen LogP contribution in [0.5, 0.6) is 0 Å². The van der Waals surface area contributed by atoms with E-state index >= 15 is 0 Å². The van der Waals surface area contributed by atoms with Gasteiger partial charge in [-0.3, -0.25) is 38.5 Å². The molecular formula is C24H31N3O10. The minimum atomic E-state index is -1.32. The summed E-state index contributed by atoms with van der Waals surface area (Å²) >= 11 is 0. The number of rotatable bonds is 12. The number of hydrogen-bond donors (Lipinski definition) is 1. The van der Waals surface area contributed by atoms with Gasteiger partial charge in [-0.05, 0) is 44.4 Å². The maximum absolute atomic E-state index is 12.4. The normalized spacial score (nSPS) is 21.4. The fourth-order valence-corrected chi connectivity index (χ4v) is 4.38. The van der Waals surface area contributed by atoms with Gasteiger partial charge in [0.1, 0.15) is 0 Å². The van der Waals surface area contributed by atoms with Crippen LogP contribution in [0.4, 0.5) is 4.79 Å². The summed E-state index contributed by atoms with van der Waals surface area (Å²) in [6.07, 6.45) is 6.12. The Morgan fingerprint density at radius 1 is 0.865 bits per heavy atom. The van der Waals surface area contributed by atoms with E-state index < -0.39 is 30.7 Å². The van der Waals surface area contributed by atoms with Crippen LogP contribution in [0.2, 0.25) is 0 Å². The van der Waals surface area contributed by atoms with Crippen molar-refractivity contribution in [2.24, 2.45) is 11.8 Å². The lowest BCUT2D eigenvalue weighted by Gasteiger charge is -2.30. The Morgan fingerprint density at radius 2 is 1.51 bits per heavy atom. The van der Waals surface area contributed by atoms with Crippen molar-refractivity contribution in [3.8, 4) is 0 Å². The summed E-state index contributed by atoms with van der Waals surface area (Å²) in [5.41, 5.74) is 0. The molecule has 0 bridgehead atoms. The second kappa shape index (κ2) is 13.5. The number of unbranched alkanes of at least 4 members (excludes halogenated alkanes) is 2. The van der Waals surface area contributed by atoms with Crippen LogP contribution in [0.25, 0.3) is 0 Å². The Bertz CT molecular complexity index is 920. The fourth-order valence-electron chi connectivity index (χ4n) is 4.38. The molecule has 1 saturated heterocycles. The van der Waals surface area contributed by atoms with E-state index in [0.29, 0.717) is 50.3 Å². The van der Waals surface area contributed by atoms with Crippen LogP contribution >= 0.6 is 0 Å². The fraction of sp³-hybridized carbons (Fsp3) is 0.625. The van der Waals surface area contributed by atoms with Gasteiger partial charge < -0.3 is 14.8 Å². The molecule has 5 amide bonds. The third kappa shape index (κ3) is 8.40. The van der Waals surface area contributed by atoms with Crippen molar-refractivity contribution in [3.05, 3.63) is 12.2 Å². The number of nitrogens with zero attached hydrogens (tertiary/aromatic N) is 2. The van der Waals surface area contributed by atoms with E-state index in [4.69, 9.17) is 4.74 Å². The lowest BCUT2D eigenvalue weighted by molar-refractivity contribution is -0.182. The van der Waals surface area contributed by atoms with Crippen molar-refractivity contribution in [2.75, 3.05) is 19.9 Å². The van der Waals surface area contributed by atoms with Crippen LogP contribution in [0.15, 0.2) is 12.2 Å². The van der Waals surface area contributed by atoms with E-state index in [9.17, 15) is 33.6 Å². The van der Waals surface area contributed by atoms with Crippen LogP contribution in [0.1, 0.15) is 64.2 Å². The van der Waals surface area contributed by atoms with Gasteiger partial charge in [-0.25, -0.2) is 4.79 Å². The Hall–Kier alpha value is -3.77. The quantitative estimate of drug-likeness (QED) is 0.170. The van der Waals surface area contributed by atoms with Crippen molar-refractivity contribution < 1.29 is 47.9 Å². The van der Waals surface area contributed by atoms with E-state index in [2.05, 4.69) is 14.9 Å². The number of imide groups is 2. The zero-order valence-corrected chi connectivity index (χ0v) is 20.5. The van der Waals surface area contributed by atoms with Gasteiger partial charge in [0.2, 0.25) is 12.7 Å². The summed E-state index contributed by atoms with van der Waals surface area (Å²) in [7, 11) is 0. The number of carbonyl (C=O) groups is 7. The summed E-state index contributed by atoms with van der Waals surface area (Å²) in [4.78, 5) is 87.3. The van der Waals surface area contributed by atoms with Crippen LogP contribution in [-0.4, -0.2) is 71.5 Å². The standard InChI is InChI=1S/C24H31N3O10/c28-18-9-10-19(29)26(18)14-16-5-7-17(8-6-16)23(33)25-13-3-1-2-4-22(32)35-15-36-24(34)37-27-20(30)11-12-21(27)31/h9-10,16-17H,1-8,11-15H2,(H,25,33). The third-order valence-corrected chi connectivity index (χ3v) is 6.48. The van der Waals surface area contributed by atoms with Gasteiger partial charge in [0.25, 0.3) is 23.6 Å². The Morgan fingerprint density at radius 3 is 2.16 bits per heavy atom. The first-order chi connectivity index (χ1) is 17.7. The maximum atomic E-state index is 12.4. The van der Waals surface area contributed by atoms with Gasteiger partial charge in [-0.2, -0.15) is 0 Å².